The minimum atomic E-state index is -4.16. The maximum Gasteiger partial charge on any atom is 0.324 e. The highest BCUT2D eigenvalue weighted by molar-refractivity contribution is 5.75. The molecule has 0 heterocycles. The van der Waals surface area contributed by atoms with Crippen molar-refractivity contribution in [3.05, 3.63) is 0 Å². The Labute approximate surface area is 85.0 Å². The van der Waals surface area contributed by atoms with Gasteiger partial charge >= 0.3 is 12.3 Å². The predicted molar refractivity (Wildman–Crippen MR) is 46.9 cm³/mol. The first-order chi connectivity index (χ1) is 6.90. The van der Waals surface area contributed by atoms with Gasteiger partial charge in [0.05, 0.1) is 6.54 Å². The van der Waals surface area contributed by atoms with Crippen molar-refractivity contribution in [3.63, 3.8) is 0 Å². The molecule has 0 aromatic rings. The van der Waals surface area contributed by atoms with Crippen LogP contribution in [0.4, 0.5) is 17.6 Å². The molecule has 0 aromatic heterocycles. The molecule has 0 aliphatic carbocycles. The van der Waals surface area contributed by atoms with Gasteiger partial charge in [-0.3, -0.25) is 4.79 Å². The van der Waals surface area contributed by atoms with E-state index in [4.69, 9.17) is 5.73 Å². The second-order valence-electron chi connectivity index (χ2n) is 3.08. The highest BCUT2D eigenvalue weighted by atomic mass is 19.3. The van der Waals surface area contributed by atoms with E-state index in [0.29, 0.717) is 19.4 Å². The molecule has 0 aromatic carbocycles. The van der Waals surface area contributed by atoms with Gasteiger partial charge < -0.3 is 11.1 Å². The summed E-state index contributed by atoms with van der Waals surface area (Å²) >= 11 is 0. The summed E-state index contributed by atoms with van der Waals surface area (Å²) in [6.45, 7) is -0.924. The smallest absolute Gasteiger partial charge is 0.324 e. The number of unbranched alkanes of at least 4 members (excludes halogenated alkanes) is 1. The first kappa shape index (κ1) is 14.2. The molecule has 1 amide bonds. The SMILES string of the molecule is NCCCCC(=O)NCC(F)(F)C(F)F. The molecule has 0 atom stereocenters. The summed E-state index contributed by atoms with van der Waals surface area (Å²) in [6.07, 6.45) is -2.68. The molecule has 7 heteroatoms. The lowest BCUT2D eigenvalue weighted by atomic mass is 10.2. The number of hydrogen-bond donors (Lipinski definition) is 2. The van der Waals surface area contributed by atoms with E-state index in [1.165, 1.54) is 0 Å². The number of amides is 1. The Morgan fingerprint density at radius 3 is 2.40 bits per heavy atom. The van der Waals surface area contributed by atoms with Crippen molar-refractivity contribution in [2.24, 2.45) is 5.73 Å². The lowest BCUT2D eigenvalue weighted by Gasteiger charge is -2.15. The molecule has 0 fully saturated rings. The molecular weight excluding hydrogens is 216 g/mol. The minimum Gasteiger partial charge on any atom is -0.350 e. The van der Waals surface area contributed by atoms with Gasteiger partial charge in [0.25, 0.3) is 0 Å². The van der Waals surface area contributed by atoms with Crippen molar-refractivity contribution in [2.45, 2.75) is 31.6 Å². The fraction of sp³-hybridized carbons (Fsp3) is 0.875. The molecule has 0 saturated carbocycles. The van der Waals surface area contributed by atoms with Crippen LogP contribution in [0, 0.1) is 0 Å². The molecule has 0 saturated heterocycles. The van der Waals surface area contributed by atoms with Crippen LogP contribution in [0.15, 0.2) is 0 Å². The number of halogens is 4. The fourth-order valence-electron chi connectivity index (χ4n) is 0.812. The van der Waals surface area contributed by atoms with Crippen molar-refractivity contribution in [1.29, 1.82) is 0 Å². The van der Waals surface area contributed by atoms with Crippen LogP contribution in [-0.2, 0) is 4.79 Å². The van der Waals surface area contributed by atoms with E-state index in [0.717, 1.165) is 0 Å². The average molecular weight is 230 g/mol. The van der Waals surface area contributed by atoms with Crippen LogP contribution in [0.1, 0.15) is 19.3 Å². The van der Waals surface area contributed by atoms with Gasteiger partial charge in [-0.05, 0) is 19.4 Å². The van der Waals surface area contributed by atoms with Crippen LogP contribution in [0.5, 0.6) is 0 Å². The summed E-state index contributed by atoms with van der Waals surface area (Å²) in [6, 6.07) is 0. The molecule has 0 aliphatic heterocycles. The van der Waals surface area contributed by atoms with Gasteiger partial charge in [-0.15, -0.1) is 0 Å². The Morgan fingerprint density at radius 2 is 1.93 bits per heavy atom. The van der Waals surface area contributed by atoms with Gasteiger partial charge in [0.1, 0.15) is 0 Å². The van der Waals surface area contributed by atoms with Crippen molar-refractivity contribution in [1.82, 2.24) is 5.32 Å². The maximum atomic E-state index is 12.3. The molecule has 3 N–H and O–H groups in total. The van der Waals surface area contributed by atoms with Gasteiger partial charge in [-0.1, -0.05) is 0 Å². The van der Waals surface area contributed by atoms with Crippen molar-refractivity contribution >= 4 is 5.91 Å². The monoisotopic (exact) mass is 230 g/mol. The van der Waals surface area contributed by atoms with Crippen LogP contribution >= 0.6 is 0 Å². The maximum absolute atomic E-state index is 12.3. The third-order valence-corrected chi connectivity index (χ3v) is 1.70. The Morgan fingerprint density at radius 1 is 1.33 bits per heavy atom. The van der Waals surface area contributed by atoms with Crippen LogP contribution in [0.2, 0.25) is 0 Å². The van der Waals surface area contributed by atoms with Crippen molar-refractivity contribution < 1.29 is 22.4 Å². The highest BCUT2D eigenvalue weighted by Crippen LogP contribution is 2.21. The Bertz CT molecular complexity index is 199. The summed E-state index contributed by atoms with van der Waals surface area (Å²) in [5, 5.41) is 1.75. The topological polar surface area (TPSA) is 55.1 Å². The van der Waals surface area contributed by atoms with E-state index in [2.05, 4.69) is 0 Å². The first-order valence-corrected chi connectivity index (χ1v) is 4.53. The molecule has 0 radical (unpaired) electrons. The van der Waals surface area contributed by atoms with Crippen molar-refractivity contribution in [3.8, 4) is 0 Å². The summed E-state index contributed by atoms with van der Waals surface area (Å²) < 4.78 is 47.9. The summed E-state index contributed by atoms with van der Waals surface area (Å²) in [7, 11) is 0. The predicted octanol–water partition coefficient (Wildman–Crippen LogP) is 1.13. The Kier molecular flexibility index (Phi) is 6.23. The number of alkyl halides is 4. The normalized spacial score (nSPS) is 11.9. The molecule has 0 bridgehead atoms. The molecule has 0 unspecified atom stereocenters. The first-order valence-electron chi connectivity index (χ1n) is 4.53. The molecule has 90 valence electrons. The van der Waals surface area contributed by atoms with E-state index in [1.54, 1.807) is 5.32 Å². The largest absolute Gasteiger partial charge is 0.350 e. The second kappa shape index (κ2) is 6.60. The van der Waals surface area contributed by atoms with E-state index in [9.17, 15) is 22.4 Å². The number of hydrogen-bond acceptors (Lipinski definition) is 2. The standard InChI is InChI=1S/C8H14F4N2O/c9-7(10)8(11,12)5-14-6(15)3-1-2-4-13/h7H,1-5,13H2,(H,14,15). The van der Waals surface area contributed by atoms with Gasteiger partial charge in [-0.25, -0.2) is 8.78 Å². The number of carbonyl (C=O) groups excluding carboxylic acids is 1. The number of rotatable bonds is 7. The van der Waals surface area contributed by atoms with E-state index >= 15 is 0 Å². The lowest BCUT2D eigenvalue weighted by molar-refractivity contribution is -0.136. The molecular formula is C8H14F4N2O. The van der Waals surface area contributed by atoms with E-state index < -0.39 is 24.8 Å². The zero-order chi connectivity index (χ0) is 11.9. The van der Waals surface area contributed by atoms with E-state index in [-0.39, 0.29) is 6.42 Å². The molecule has 3 nitrogen and oxygen atoms in total. The molecule has 0 spiro atoms. The number of nitrogens with one attached hydrogen (secondary N) is 1. The zero-order valence-electron chi connectivity index (χ0n) is 8.11. The third-order valence-electron chi connectivity index (χ3n) is 1.70. The van der Waals surface area contributed by atoms with Crippen LogP contribution in [-0.4, -0.2) is 31.3 Å². The number of carbonyl (C=O) groups is 1. The van der Waals surface area contributed by atoms with Gasteiger partial charge in [-0.2, -0.15) is 8.78 Å². The van der Waals surface area contributed by atoms with E-state index in [1.807, 2.05) is 0 Å². The Hall–Kier alpha value is -0.850. The van der Waals surface area contributed by atoms with Crippen LogP contribution in [0.25, 0.3) is 0 Å². The highest BCUT2D eigenvalue weighted by Gasteiger charge is 2.40. The Balaban J connectivity index is 3.71. The van der Waals surface area contributed by atoms with Crippen LogP contribution < -0.4 is 11.1 Å². The fourth-order valence-corrected chi connectivity index (χ4v) is 0.812. The average Bonchev–Trinajstić information content (AvgIpc) is 2.15. The third kappa shape index (κ3) is 6.27. The summed E-state index contributed by atoms with van der Waals surface area (Å²) in [5.74, 6) is -4.83. The molecule has 0 rings (SSSR count). The van der Waals surface area contributed by atoms with Gasteiger partial charge in [0, 0.05) is 6.42 Å². The summed E-state index contributed by atoms with van der Waals surface area (Å²) in [5.41, 5.74) is 5.15. The summed E-state index contributed by atoms with van der Waals surface area (Å²) in [4.78, 5) is 10.9. The van der Waals surface area contributed by atoms with Crippen molar-refractivity contribution in [2.75, 3.05) is 13.1 Å². The number of nitrogens with two attached hydrogens (primary N) is 1. The lowest BCUT2D eigenvalue weighted by Crippen LogP contribution is -2.41. The minimum absolute atomic E-state index is 0.0243. The molecule has 0 aliphatic rings. The van der Waals surface area contributed by atoms with Crippen LogP contribution in [0.3, 0.4) is 0 Å². The van der Waals surface area contributed by atoms with Gasteiger partial charge in [0.2, 0.25) is 5.91 Å². The quantitative estimate of drug-likeness (QED) is 0.509. The zero-order valence-corrected chi connectivity index (χ0v) is 8.11. The van der Waals surface area contributed by atoms with Gasteiger partial charge in [0.15, 0.2) is 0 Å². The second-order valence-corrected chi connectivity index (χ2v) is 3.08. The molecule has 15 heavy (non-hydrogen) atoms.